The molecule has 0 aliphatic carbocycles. The summed E-state index contributed by atoms with van der Waals surface area (Å²) in [4.78, 5) is 10.8. The van der Waals surface area contributed by atoms with Gasteiger partial charge < -0.3 is 9.84 Å². The van der Waals surface area contributed by atoms with Gasteiger partial charge in [-0.25, -0.2) is 17.9 Å². The van der Waals surface area contributed by atoms with E-state index < -0.39 is 16.0 Å². The second kappa shape index (κ2) is 7.16. The van der Waals surface area contributed by atoms with E-state index in [1.54, 1.807) is 6.92 Å². The maximum absolute atomic E-state index is 12.1. The zero-order chi connectivity index (χ0) is 15.3. The number of carbonyl (C=O) groups is 1. The topological polar surface area (TPSA) is 92.7 Å². The van der Waals surface area contributed by atoms with Crippen LogP contribution < -0.4 is 4.72 Å². The molecule has 0 heterocycles. The lowest BCUT2D eigenvalue weighted by molar-refractivity contribution is 0.0696. The molecule has 1 atom stereocenters. The highest BCUT2D eigenvalue weighted by Crippen LogP contribution is 2.23. The molecule has 0 aromatic heterocycles. The summed E-state index contributed by atoms with van der Waals surface area (Å²) in [6.07, 6.45) is -0.267. The minimum absolute atomic E-state index is 0.0913. The standard InChI is InChI=1S/C12H16BrNO5S/c1-3-19-8(2)7-14-20(17,18)11-6-9(12(15)16)4-5-10(11)13/h4-6,8,14H,3,7H2,1-2H3,(H,15,16). The number of aromatic carboxylic acids is 1. The molecule has 20 heavy (non-hydrogen) atoms. The molecule has 8 heteroatoms. The van der Waals surface area contributed by atoms with Crippen molar-refractivity contribution in [2.75, 3.05) is 13.2 Å². The number of carboxylic acids is 1. The molecule has 6 nitrogen and oxygen atoms in total. The number of benzene rings is 1. The smallest absolute Gasteiger partial charge is 0.335 e. The van der Waals surface area contributed by atoms with E-state index in [1.807, 2.05) is 6.92 Å². The van der Waals surface area contributed by atoms with Gasteiger partial charge in [0, 0.05) is 17.6 Å². The first-order valence-corrected chi connectivity index (χ1v) is 8.19. The van der Waals surface area contributed by atoms with Crippen LogP contribution in [0.4, 0.5) is 0 Å². The van der Waals surface area contributed by atoms with E-state index in [9.17, 15) is 13.2 Å². The Kier molecular flexibility index (Phi) is 6.12. The molecule has 1 rings (SSSR count). The Morgan fingerprint density at radius 1 is 1.50 bits per heavy atom. The molecule has 0 aliphatic heterocycles. The van der Waals surface area contributed by atoms with Crippen molar-refractivity contribution in [2.24, 2.45) is 0 Å². The largest absolute Gasteiger partial charge is 0.478 e. The van der Waals surface area contributed by atoms with Gasteiger partial charge in [-0.3, -0.25) is 0 Å². The molecule has 2 N–H and O–H groups in total. The number of nitrogens with one attached hydrogen (secondary N) is 1. The first-order valence-electron chi connectivity index (χ1n) is 5.92. The zero-order valence-corrected chi connectivity index (χ0v) is 13.5. The van der Waals surface area contributed by atoms with Crippen LogP contribution in [0.3, 0.4) is 0 Å². The van der Waals surface area contributed by atoms with Gasteiger partial charge in [0.2, 0.25) is 10.0 Å². The van der Waals surface area contributed by atoms with Crippen molar-refractivity contribution in [3.63, 3.8) is 0 Å². The zero-order valence-electron chi connectivity index (χ0n) is 11.1. The van der Waals surface area contributed by atoms with Crippen molar-refractivity contribution >= 4 is 31.9 Å². The fraction of sp³-hybridized carbons (Fsp3) is 0.417. The van der Waals surface area contributed by atoms with Gasteiger partial charge in [-0.15, -0.1) is 0 Å². The Bertz CT molecular complexity index is 588. The number of hydrogen-bond acceptors (Lipinski definition) is 4. The van der Waals surface area contributed by atoms with Crippen molar-refractivity contribution in [3.8, 4) is 0 Å². The number of rotatable bonds is 7. The number of halogens is 1. The monoisotopic (exact) mass is 365 g/mol. The van der Waals surface area contributed by atoms with Crippen molar-refractivity contribution in [3.05, 3.63) is 28.2 Å². The molecule has 112 valence electrons. The van der Waals surface area contributed by atoms with Crippen molar-refractivity contribution in [2.45, 2.75) is 24.8 Å². The number of ether oxygens (including phenoxy) is 1. The normalized spacial score (nSPS) is 13.2. The summed E-state index contributed by atoms with van der Waals surface area (Å²) in [7, 11) is -3.80. The van der Waals surface area contributed by atoms with Crippen LogP contribution in [0.25, 0.3) is 0 Å². The molecule has 0 saturated heterocycles. The van der Waals surface area contributed by atoms with Crippen LogP contribution in [0.1, 0.15) is 24.2 Å². The SMILES string of the molecule is CCOC(C)CNS(=O)(=O)c1cc(C(=O)O)ccc1Br. The molecular formula is C12H16BrNO5S. The minimum atomic E-state index is -3.80. The summed E-state index contributed by atoms with van der Waals surface area (Å²) >= 11 is 3.11. The molecular weight excluding hydrogens is 350 g/mol. The molecule has 0 spiro atoms. The lowest BCUT2D eigenvalue weighted by Gasteiger charge is -2.14. The molecule has 1 aromatic rings. The fourth-order valence-electron chi connectivity index (χ4n) is 1.49. The quantitative estimate of drug-likeness (QED) is 0.768. The van der Waals surface area contributed by atoms with Crippen molar-refractivity contribution in [1.29, 1.82) is 0 Å². The summed E-state index contributed by atoms with van der Waals surface area (Å²) < 4.78 is 32.2. The third-order valence-corrected chi connectivity index (χ3v) is 4.90. The summed E-state index contributed by atoms with van der Waals surface area (Å²) in [5, 5.41) is 8.90. The van der Waals surface area contributed by atoms with E-state index in [0.717, 1.165) is 6.07 Å². The Hall–Kier alpha value is -0.960. The van der Waals surface area contributed by atoms with E-state index in [0.29, 0.717) is 11.1 Å². The molecule has 1 aromatic carbocycles. The van der Waals surface area contributed by atoms with Crippen LogP contribution in [0.15, 0.2) is 27.6 Å². The number of sulfonamides is 1. The van der Waals surface area contributed by atoms with Crippen LogP contribution in [0.2, 0.25) is 0 Å². The Morgan fingerprint density at radius 2 is 2.15 bits per heavy atom. The van der Waals surface area contributed by atoms with Crippen LogP contribution in [0, 0.1) is 0 Å². The van der Waals surface area contributed by atoms with Gasteiger partial charge in [-0.1, -0.05) is 0 Å². The Labute approximate surface area is 126 Å². The molecule has 0 bridgehead atoms. The molecule has 0 radical (unpaired) electrons. The van der Waals surface area contributed by atoms with Crippen molar-refractivity contribution < 1.29 is 23.1 Å². The van der Waals surface area contributed by atoms with Gasteiger partial charge in [-0.2, -0.15) is 0 Å². The van der Waals surface area contributed by atoms with Crippen molar-refractivity contribution in [1.82, 2.24) is 4.72 Å². The average molecular weight is 366 g/mol. The maximum atomic E-state index is 12.1. The van der Waals surface area contributed by atoms with E-state index >= 15 is 0 Å². The first kappa shape index (κ1) is 17.1. The molecule has 1 unspecified atom stereocenters. The highest BCUT2D eigenvalue weighted by Gasteiger charge is 2.20. The number of hydrogen-bond donors (Lipinski definition) is 2. The van der Waals surface area contributed by atoms with Crippen LogP contribution >= 0.6 is 15.9 Å². The summed E-state index contributed by atoms with van der Waals surface area (Å²) in [5.41, 5.74) is -0.0913. The molecule has 0 aliphatic rings. The predicted molar refractivity (Wildman–Crippen MR) is 77.4 cm³/mol. The van der Waals surface area contributed by atoms with E-state index in [-0.39, 0.29) is 23.1 Å². The third-order valence-electron chi connectivity index (χ3n) is 2.48. The lowest BCUT2D eigenvalue weighted by atomic mass is 10.2. The van der Waals surface area contributed by atoms with Crippen LogP contribution in [-0.2, 0) is 14.8 Å². The predicted octanol–water partition coefficient (Wildman–Crippen LogP) is 1.85. The second-order valence-electron chi connectivity index (χ2n) is 4.07. The third kappa shape index (κ3) is 4.55. The first-order chi connectivity index (χ1) is 9.27. The molecule has 0 saturated carbocycles. The lowest BCUT2D eigenvalue weighted by Crippen LogP contribution is -2.32. The minimum Gasteiger partial charge on any atom is -0.478 e. The molecule has 0 fully saturated rings. The van der Waals surface area contributed by atoms with E-state index in [4.69, 9.17) is 9.84 Å². The van der Waals surface area contributed by atoms with Gasteiger partial charge in [-0.05, 0) is 48.0 Å². The van der Waals surface area contributed by atoms with Gasteiger partial charge in [0.1, 0.15) is 0 Å². The Balaban J connectivity index is 2.97. The van der Waals surface area contributed by atoms with Gasteiger partial charge in [0.05, 0.1) is 16.6 Å². The fourth-order valence-corrected chi connectivity index (χ4v) is 3.59. The molecule has 0 amide bonds. The maximum Gasteiger partial charge on any atom is 0.335 e. The van der Waals surface area contributed by atoms with Crippen LogP contribution in [-0.4, -0.2) is 38.7 Å². The number of carboxylic acid groups (broad SMARTS) is 1. The average Bonchev–Trinajstić information content (AvgIpc) is 2.37. The summed E-state index contributed by atoms with van der Waals surface area (Å²) in [5.74, 6) is -1.18. The summed E-state index contributed by atoms with van der Waals surface area (Å²) in [6.45, 7) is 4.16. The van der Waals surface area contributed by atoms with Gasteiger partial charge in [0.15, 0.2) is 0 Å². The van der Waals surface area contributed by atoms with E-state index in [2.05, 4.69) is 20.7 Å². The van der Waals surface area contributed by atoms with Gasteiger partial charge >= 0.3 is 5.97 Å². The second-order valence-corrected chi connectivity index (χ2v) is 6.66. The summed E-state index contributed by atoms with van der Waals surface area (Å²) in [6, 6.07) is 3.83. The van der Waals surface area contributed by atoms with Crippen LogP contribution in [0.5, 0.6) is 0 Å². The van der Waals surface area contributed by atoms with Gasteiger partial charge in [0.25, 0.3) is 0 Å². The highest BCUT2D eigenvalue weighted by molar-refractivity contribution is 9.10. The highest BCUT2D eigenvalue weighted by atomic mass is 79.9. The Morgan fingerprint density at radius 3 is 2.70 bits per heavy atom. The van der Waals surface area contributed by atoms with E-state index in [1.165, 1.54) is 12.1 Å².